The SMILES string of the molecule is CCc1cc(Oc2cncnc2N2CCC3(CCN(Cc4ccc5[nH]c(=O)[nH]c5c4)C3)C2)c(OC(N)=O)cc1F. The molecule has 208 valence electrons. The molecule has 2 aliphatic rings. The van der Waals surface area contributed by atoms with E-state index in [1.807, 2.05) is 19.1 Å². The Balaban J connectivity index is 1.18. The minimum absolute atomic E-state index is 0.108. The van der Waals surface area contributed by atoms with E-state index >= 15 is 0 Å². The van der Waals surface area contributed by atoms with Crippen LogP contribution >= 0.6 is 0 Å². The highest BCUT2D eigenvalue weighted by Crippen LogP contribution is 2.44. The zero-order valence-electron chi connectivity index (χ0n) is 22.1. The molecule has 4 heterocycles. The Morgan fingerprint density at radius 2 is 1.93 bits per heavy atom. The second-order valence-electron chi connectivity index (χ2n) is 10.6. The zero-order chi connectivity index (χ0) is 27.9. The largest absolute Gasteiger partial charge is 0.448 e. The summed E-state index contributed by atoms with van der Waals surface area (Å²) in [5.74, 6) is 0.549. The lowest BCUT2D eigenvalue weighted by atomic mass is 9.86. The first-order chi connectivity index (χ1) is 19.3. The number of hydrogen-bond acceptors (Lipinski definition) is 8. The fraction of sp³-hybridized carbons (Fsp3) is 0.357. The molecule has 4 N–H and O–H groups in total. The minimum atomic E-state index is -1.06. The van der Waals surface area contributed by atoms with Gasteiger partial charge < -0.3 is 30.1 Å². The number of ether oxygens (including phenoxy) is 2. The summed E-state index contributed by atoms with van der Waals surface area (Å²) in [4.78, 5) is 41.9. The number of rotatable bonds is 7. The third kappa shape index (κ3) is 5.09. The van der Waals surface area contributed by atoms with Gasteiger partial charge in [-0.25, -0.2) is 23.9 Å². The second-order valence-corrected chi connectivity index (χ2v) is 10.6. The Hall–Kier alpha value is -4.45. The van der Waals surface area contributed by atoms with Gasteiger partial charge in [-0.05, 0) is 55.1 Å². The molecular formula is C28H30FN7O4. The molecule has 0 radical (unpaired) electrons. The average Bonchev–Trinajstić information content (AvgIpc) is 3.63. The third-order valence-electron chi connectivity index (χ3n) is 7.82. The number of aryl methyl sites for hydroxylation is 1. The number of benzene rings is 2. The minimum Gasteiger partial charge on any atom is -0.448 e. The molecule has 12 heteroatoms. The van der Waals surface area contributed by atoms with Gasteiger partial charge in [-0.3, -0.25) is 4.90 Å². The molecule has 2 saturated heterocycles. The molecule has 6 rings (SSSR count). The first-order valence-corrected chi connectivity index (χ1v) is 13.3. The average molecular weight is 548 g/mol. The highest BCUT2D eigenvalue weighted by atomic mass is 19.1. The Bertz CT molecular complexity index is 1640. The lowest BCUT2D eigenvalue weighted by Crippen LogP contribution is -2.31. The van der Waals surface area contributed by atoms with Crippen LogP contribution in [0.1, 0.15) is 30.9 Å². The van der Waals surface area contributed by atoms with Crippen molar-refractivity contribution in [3.63, 3.8) is 0 Å². The van der Waals surface area contributed by atoms with Crippen molar-refractivity contribution < 1.29 is 18.7 Å². The van der Waals surface area contributed by atoms with Crippen LogP contribution in [0.4, 0.5) is 15.0 Å². The summed E-state index contributed by atoms with van der Waals surface area (Å²) in [7, 11) is 0. The predicted octanol–water partition coefficient (Wildman–Crippen LogP) is 3.70. The van der Waals surface area contributed by atoms with Crippen molar-refractivity contribution in [2.75, 3.05) is 31.1 Å². The number of aromatic amines is 2. The van der Waals surface area contributed by atoms with Crippen LogP contribution in [0.25, 0.3) is 11.0 Å². The van der Waals surface area contributed by atoms with E-state index < -0.39 is 11.9 Å². The van der Waals surface area contributed by atoms with E-state index in [1.54, 1.807) is 6.20 Å². The number of nitrogens with two attached hydrogens (primary N) is 1. The number of fused-ring (bicyclic) bond motifs is 1. The summed E-state index contributed by atoms with van der Waals surface area (Å²) >= 11 is 0. The first kappa shape index (κ1) is 25.8. The van der Waals surface area contributed by atoms with Gasteiger partial charge in [0.05, 0.1) is 17.2 Å². The topological polar surface area (TPSA) is 142 Å². The Morgan fingerprint density at radius 3 is 2.75 bits per heavy atom. The molecule has 0 saturated carbocycles. The van der Waals surface area contributed by atoms with Crippen molar-refractivity contribution in [3.8, 4) is 17.2 Å². The quantitative estimate of drug-likeness (QED) is 0.318. The summed E-state index contributed by atoms with van der Waals surface area (Å²) < 4.78 is 25.6. The lowest BCUT2D eigenvalue weighted by molar-refractivity contribution is 0.209. The molecule has 2 aromatic heterocycles. The van der Waals surface area contributed by atoms with Crippen molar-refractivity contribution in [2.45, 2.75) is 32.7 Å². The molecule has 11 nitrogen and oxygen atoms in total. The maximum atomic E-state index is 14.4. The molecule has 40 heavy (non-hydrogen) atoms. The number of nitrogens with one attached hydrogen (secondary N) is 2. The highest BCUT2D eigenvalue weighted by molar-refractivity contribution is 5.75. The third-order valence-corrected chi connectivity index (χ3v) is 7.82. The number of anilines is 1. The fourth-order valence-corrected chi connectivity index (χ4v) is 5.90. The molecule has 0 aliphatic carbocycles. The summed E-state index contributed by atoms with van der Waals surface area (Å²) in [6.45, 7) is 6.15. The van der Waals surface area contributed by atoms with Crippen LogP contribution in [0.3, 0.4) is 0 Å². The number of nitrogens with zero attached hydrogens (tertiary/aromatic N) is 4. The van der Waals surface area contributed by atoms with Crippen LogP contribution in [0.5, 0.6) is 17.2 Å². The molecule has 1 spiro atoms. The maximum absolute atomic E-state index is 14.4. The maximum Gasteiger partial charge on any atom is 0.410 e. The number of H-pyrrole nitrogens is 2. The van der Waals surface area contributed by atoms with Gasteiger partial charge in [-0.1, -0.05) is 13.0 Å². The van der Waals surface area contributed by atoms with Crippen molar-refractivity contribution in [1.29, 1.82) is 0 Å². The van der Waals surface area contributed by atoms with E-state index in [2.05, 4.69) is 35.8 Å². The zero-order valence-corrected chi connectivity index (χ0v) is 22.1. The normalized spacial score (nSPS) is 19.1. The summed E-state index contributed by atoms with van der Waals surface area (Å²) in [5.41, 5.74) is 8.30. The predicted molar refractivity (Wildman–Crippen MR) is 146 cm³/mol. The number of carbonyl (C=O) groups is 1. The van der Waals surface area contributed by atoms with E-state index in [0.717, 1.165) is 68.2 Å². The van der Waals surface area contributed by atoms with Crippen LogP contribution < -0.4 is 25.8 Å². The number of carbonyl (C=O) groups excluding carboxylic acids is 1. The second kappa shape index (κ2) is 10.3. The van der Waals surface area contributed by atoms with Crippen LogP contribution in [-0.4, -0.2) is 57.1 Å². The van der Waals surface area contributed by atoms with E-state index in [1.165, 1.54) is 12.4 Å². The number of imidazole rings is 1. The Morgan fingerprint density at radius 1 is 1.10 bits per heavy atom. The molecule has 4 aromatic rings. The van der Waals surface area contributed by atoms with Crippen molar-refractivity contribution in [2.24, 2.45) is 11.1 Å². The lowest BCUT2D eigenvalue weighted by Gasteiger charge is -2.26. The monoisotopic (exact) mass is 547 g/mol. The van der Waals surface area contributed by atoms with Gasteiger partial charge >= 0.3 is 11.8 Å². The molecule has 1 unspecified atom stereocenters. The number of hydrogen-bond donors (Lipinski definition) is 3. The molecule has 2 fully saturated rings. The summed E-state index contributed by atoms with van der Waals surface area (Å²) in [5, 5.41) is 0. The molecule has 2 aliphatic heterocycles. The molecule has 0 bridgehead atoms. The standard InChI is InChI=1S/C28H30FN7O4/c1-2-18-10-22(23(11-19(18)29)40-26(30)37)39-24-12-31-16-32-25(24)36-8-6-28(15-36)5-7-35(14-28)13-17-3-4-20-21(9-17)34-27(38)33-20/h3-4,9-12,16H,2,5-8,13-15H2,1H3,(H2,30,37)(H2,33,34,38). The Labute approximate surface area is 229 Å². The molecule has 1 atom stereocenters. The van der Waals surface area contributed by atoms with Crippen LogP contribution in [0.2, 0.25) is 0 Å². The van der Waals surface area contributed by atoms with Gasteiger partial charge in [-0.2, -0.15) is 0 Å². The van der Waals surface area contributed by atoms with Crippen molar-refractivity contribution >= 4 is 22.9 Å². The van der Waals surface area contributed by atoms with Crippen LogP contribution in [0.15, 0.2) is 47.7 Å². The Kier molecular flexibility index (Phi) is 6.62. The van der Waals surface area contributed by atoms with E-state index in [-0.39, 0.29) is 22.6 Å². The van der Waals surface area contributed by atoms with Crippen LogP contribution in [0, 0.1) is 11.2 Å². The van der Waals surface area contributed by atoms with Crippen LogP contribution in [-0.2, 0) is 13.0 Å². The smallest absolute Gasteiger partial charge is 0.410 e. The van der Waals surface area contributed by atoms with Gasteiger partial charge in [0, 0.05) is 37.7 Å². The van der Waals surface area contributed by atoms with Crippen molar-refractivity contribution in [3.05, 3.63) is 70.3 Å². The number of amides is 1. The van der Waals surface area contributed by atoms with Crippen molar-refractivity contribution in [1.82, 2.24) is 24.8 Å². The molecular weight excluding hydrogens is 517 g/mol. The summed E-state index contributed by atoms with van der Waals surface area (Å²) in [6.07, 6.45) is 4.45. The molecule has 1 amide bonds. The van der Waals surface area contributed by atoms with E-state index in [0.29, 0.717) is 23.6 Å². The summed E-state index contributed by atoms with van der Waals surface area (Å²) in [6, 6.07) is 8.63. The van der Waals surface area contributed by atoms with E-state index in [9.17, 15) is 14.0 Å². The number of aromatic nitrogens is 4. The van der Waals surface area contributed by atoms with Gasteiger partial charge in [0.1, 0.15) is 12.1 Å². The molecule has 2 aromatic carbocycles. The highest BCUT2D eigenvalue weighted by Gasteiger charge is 2.44. The van der Waals surface area contributed by atoms with Gasteiger partial charge in [0.2, 0.25) is 0 Å². The first-order valence-electron chi connectivity index (χ1n) is 13.3. The van der Waals surface area contributed by atoms with E-state index in [4.69, 9.17) is 15.2 Å². The number of primary amides is 1. The van der Waals surface area contributed by atoms with Gasteiger partial charge in [-0.15, -0.1) is 0 Å². The van der Waals surface area contributed by atoms with Gasteiger partial charge in [0.15, 0.2) is 23.1 Å². The van der Waals surface area contributed by atoms with Gasteiger partial charge in [0.25, 0.3) is 0 Å². The fourth-order valence-electron chi connectivity index (χ4n) is 5.90. The number of halogens is 1. The number of likely N-dealkylation sites (tertiary alicyclic amines) is 1.